The van der Waals surface area contributed by atoms with Gasteiger partial charge in [0.15, 0.2) is 0 Å². The molecule has 6 heteroatoms. The molecule has 2 aliphatic heterocycles. The lowest BCUT2D eigenvalue weighted by molar-refractivity contribution is -0.166. The molecule has 36 heavy (non-hydrogen) atoms. The van der Waals surface area contributed by atoms with Gasteiger partial charge in [0.1, 0.15) is 5.54 Å². The molecular formula is C30H35NO5. The maximum atomic E-state index is 14.1. The van der Waals surface area contributed by atoms with Crippen molar-refractivity contribution in [3.63, 3.8) is 0 Å². The van der Waals surface area contributed by atoms with Crippen LogP contribution in [-0.2, 0) is 23.9 Å². The maximum absolute atomic E-state index is 14.1. The van der Waals surface area contributed by atoms with Gasteiger partial charge in [0, 0.05) is 12.0 Å². The molecule has 6 nitrogen and oxygen atoms in total. The SMILES string of the molecule is CC(C)OC(=O)C(=O)[C@@H]1[C@@H](c2ccccc2)[C@@H]2CCCN2[C@@]1(/C=C/c1ccccc1)C(=O)OC(C)C. The molecule has 0 N–H and O–H groups in total. The van der Waals surface area contributed by atoms with Gasteiger partial charge in [0.05, 0.1) is 18.1 Å². The topological polar surface area (TPSA) is 72.9 Å². The molecule has 0 aromatic heterocycles. The van der Waals surface area contributed by atoms with Gasteiger partial charge in [-0.3, -0.25) is 9.69 Å². The molecule has 2 fully saturated rings. The molecule has 0 amide bonds. The molecule has 0 saturated carbocycles. The lowest BCUT2D eigenvalue weighted by Gasteiger charge is -2.37. The predicted molar refractivity (Wildman–Crippen MR) is 138 cm³/mol. The third-order valence-electron chi connectivity index (χ3n) is 7.03. The number of esters is 2. The first-order chi connectivity index (χ1) is 17.3. The van der Waals surface area contributed by atoms with Crippen LogP contribution in [0.1, 0.15) is 57.6 Å². The summed E-state index contributed by atoms with van der Waals surface area (Å²) in [6, 6.07) is 19.3. The van der Waals surface area contributed by atoms with E-state index in [0.717, 1.165) is 24.0 Å². The van der Waals surface area contributed by atoms with Crippen LogP contribution < -0.4 is 0 Å². The summed E-state index contributed by atoms with van der Waals surface area (Å²) >= 11 is 0. The number of rotatable bonds is 8. The Labute approximate surface area is 213 Å². The van der Waals surface area contributed by atoms with Crippen LogP contribution in [-0.4, -0.2) is 53.0 Å². The lowest BCUT2D eigenvalue weighted by Crippen LogP contribution is -2.57. The number of benzene rings is 2. The van der Waals surface area contributed by atoms with Gasteiger partial charge in [-0.25, -0.2) is 9.59 Å². The number of ether oxygens (including phenoxy) is 2. The fourth-order valence-corrected chi connectivity index (χ4v) is 5.76. The first kappa shape index (κ1) is 25.8. The van der Waals surface area contributed by atoms with Crippen LogP contribution in [0.5, 0.6) is 0 Å². The molecule has 0 aliphatic carbocycles. The average molecular weight is 490 g/mol. The number of carbonyl (C=O) groups is 3. The molecule has 0 spiro atoms. The highest BCUT2D eigenvalue weighted by atomic mass is 16.6. The Balaban J connectivity index is 1.93. The Morgan fingerprint density at radius 3 is 2.14 bits per heavy atom. The number of hydrogen-bond acceptors (Lipinski definition) is 6. The number of ketones is 1. The van der Waals surface area contributed by atoms with Crippen LogP contribution in [0.4, 0.5) is 0 Å². The molecule has 2 aromatic rings. The molecule has 4 atom stereocenters. The van der Waals surface area contributed by atoms with E-state index in [1.807, 2.05) is 66.7 Å². The van der Waals surface area contributed by atoms with Crippen molar-refractivity contribution >= 4 is 23.8 Å². The zero-order valence-electron chi connectivity index (χ0n) is 21.4. The number of nitrogens with zero attached hydrogens (tertiary/aromatic N) is 1. The van der Waals surface area contributed by atoms with Crippen molar-refractivity contribution in [1.82, 2.24) is 4.90 Å². The first-order valence-corrected chi connectivity index (χ1v) is 12.8. The smallest absolute Gasteiger partial charge is 0.375 e. The van der Waals surface area contributed by atoms with Crippen molar-refractivity contribution < 1.29 is 23.9 Å². The highest BCUT2D eigenvalue weighted by molar-refractivity contribution is 6.36. The van der Waals surface area contributed by atoms with Gasteiger partial charge in [-0.05, 0) is 58.2 Å². The molecule has 4 rings (SSSR count). The normalized spacial score (nSPS) is 25.9. The highest BCUT2D eigenvalue weighted by Gasteiger charge is 2.67. The van der Waals surface area contributed by atoms with Gasteiger partial charge in [-0.2, -0.15) is 0 Å². The third kappa shape index (κ3) is 4.87. The summed E-state index contributed by atoms with van der Waals surface area (Å²) < 4.78 is 11.2. The molecule has 0 radical (unpaired) electrons. The predicted octanol–water partition coefficient (Wildman–Crippen LogP) is 4.79. The Morgan fingerprint density at radius 1 is 0.917 bits per heavy atom. The standard InChI is InChI=1S/C30H35NO5/c1-20(2)35-28(33)27(32)26-25(23-14-9-6-10-15-23)24-16-11-19-31(24)30(26,29(34)36-21(3)4)18-17-22-12-7-5-8-13-22/h5-10,12-15,17-18,20-21,24-26H,11,16,19H2,1-4H3/b18-17+/t24-,25-,26-,30+/m0/s1. The van der Waals surface area contributed by atoms with Gasteiger partial charge in [0.25, 0.3) is 0 Å². The van der Waals surface area contributed by atoms with Crippen LogP contribution in [0.2, 0.25) is 0 Å². The number of Topliss-reactive ketones (excluding diaryl/α,β-unsaturated/α-hetero) is 1. The molecule has 2 aliphatic rings. The second kappa shape index (κ2) is 10.8. The molecular weight excluding hydrogens is 454 g/mol. The van der Waals surface area contributed by atoms with E-state index < -0.39 is 35.3 Å². The van der Waals surface area contributed by atoms with E-state index in [2.05, 4.69) is 4.90 Å². The monoisotopic (exact) mass is 489 g/mol. The molecule has 2 heterocycles. The Morgan fingerprint density at radius 2 is 1.53 bits per heavy atom. The molecule has 0 bridgehead atoms. The van der Waals surface area contributed by atoms with Crippen LogP contribution in [0, 0.1) is 5.92 Å². The number of hydrogen-bond donors (Lipinski definition) is 0. The quantitative estimate of drug-likeness (QED) is 0.392. The third-order valence-corrected chi connectivity index (χ3v) is 7.03. The average Bonchev–Trinajstić information content (AvgIpc) is 3.43. The number of fused-ring (bicyclic) bond motifs is 1. The van der Waals surface area contributed by atoms with Gasteiger partial charge in [0.2, 0.25) is 5.78 Å². The molecule has 0 unspecified atom stereocenters. The van der Waals surface area contributed by atoms with Crippen molar-refractivity contribution in [3.05, 3.63) is 77.9 Å². The van der Waals surface area contributed by atoms with E-state index >= 15 is 0 Å². The van der Waals surface area contributed by atoms with Crippen molar-refractivity contribution in [2.24, 2.45) is 5.92 Å². The second-order valence-corrected chi connectivity index (χ2v) is 10.2. The van der Waals surface area contributed by atoms with E-state index in [-0.39, 0.29) is 18.1 Å². The highest BCUT2D eigenvalue weighted by Crippen LogP contribution is 2.54. The summed E-state index contributed by atoms with van der Waals surface area (Å²) in [6.45, 7) is 7.64. The van der Waals surface area contributed by atoms with Crippen LogP contribution in [0.3, 0.4) is 0 Å². The van der Waals surface area contributed by atoms with Crippen LogP contribution in [0.25, 0.3) is 6.08 Å². The largest absolute Gasteiger partial charge is 0.461 e. The summed E-state index contributed by atoms with van der Waals surface area (Å²) in [5.41, 5.74) is 0.385. The van der Waals surface area contributed by atoms with Gasteiger partial charge in [-0.15, -0.1) is 0 Å². The van der Waals surface area contributed by atoms with Crippen molar-refractivity contribution in [1.29, 1.82) is 0 Å². The minimum atomic E-state index is -1.44. The zero-order chi connectivity index (χ0) is 25.9. The lowest BCUT2D eigenvalue weighted by atomic mass is 9.71. The Hall–Kier alpha value is -3.25. The van der Waals surface area contributed by atoms with Crippen LogP contribution >= 0.6 is 0 Å². The Bertz CT molecular complexity index is 1110. The maximum Gasteiger partial charge on any atom is 0.375 e. The minimum absolute atomic E-state index is 0.0895. The summed E-state index contributed by atoms with van der Waals surface area (Å²) in [6.07, 6.45) is 4.53. The van der Waals surface area contributed by atoms with Gasteiger partial charge >= 0.3 is 11.9 Å². The van der Waals surface area contributed by atoms with Gasteiger partial charge in [-0.1, -0.05) is 72.8 Å². The summed E-state index contributed by atoms with van der Waals surface area (Å²) in [5.74, 6) is -3.45. The van der Waals surface area contributed by atoms with Crippen molar-refractivity contribution in [2.75, 3.05) is 6.54 Å². The molecule has 190 valence electrons. The van der Waals surface area contributed by atoms with E-state index in [0.29, 0.717) is 6.54 Å². The van der Waals surface area contributed by atoms with E-state index in [4.69, 9.17) is 9.47 Å². The van der Waals surface area contributed by atoms with E-state index in [1.54, 1.807) is 33.8 Å². The minimum Gasteiger partial charge on any atom is -0.461 e. The fourth-order valence-electron chi connectivity index (χ4n) is 5.76. The van der Waals surface area contributed by atoms with Crippen molar-refractivity contribution in [3.8, 4) is 0 Å². The van der Waals surface area contributed by atoms with E-state index in [1.165, 1.54) is 0 Å². The van der Waals surface area contributed by atoms with E-state index in [9.17, 15) is 14.4 Å². The summed E-state index contributed by atoms with van der Waals surface area (Å²) in [5, 5.41) is 0. The Kier molecular flexibility index (Phi) is 7.74. The zero-order valence-corrected chi connectivity index (χ0v) is 21.4. The molecule has 2 aromatic carbocycles. The van der Waals surface area contributed by atoms with Gasteiger partial charge < -0.3 is 9.47 Å². The molecule has 2 saturated heterocycles. The second-order valence-electron chi connectivity index (χ2n) is 10.2. The first-order valence-electron chi connectivity index (χ1n) is 12.8. The summed E-state index contributed by atoms with van der Waals surface area (Å²) in [7, 11) is 0. The van der Waals surface area contributed by atoms with Crippen LogP contribution in [0.15, 0.2) is 66.7 Å². The number of carbonyl (C=O) groups excluding carboxylic acids is 3. The fraction of sp³-hybridized carbons (Fsp3) is 0.433. The van der Waals surface area contributed by atoms with Crippen molar-refractivity contribution in [2.45, 2.75) is 70.2 Å². The summed E-state index contributed by atoms with van der Waals surface area (Å²) in [4.78, 5) is 43.2.